The van der Waals surface area contributed by atoms with Crippen LogP contribution in [0.3, 0.4) is 0 Å². The summed E-state index contributed by atoms with van der Waals surface area (Å²) in [6.07, 6.45) is 5.43. The van der Waals surface area contributed by atoms with E-state index in [1.54, 1.807) is 0 Å². The molecule has 0 bridgehead atoms. The van der Waals surface area contributed by atoms with Crippen LogP contribution in [-0.4, -0.2) is 22.2 Å². The van der Waals surface area contributed by atoms with Crippen LogP contribution < -0.4 is 0 Å². The van der Waals surface area contributed by atoms with Gasteiger partial charge in [-0.2, -0.15) is 10.0 Å². The van der Waals surface area contributed by atoms with Crippen molar-refractivity contribution >= 4 is 12.2 Å². The third kappa shape index (κ3) is 7.27. The Morgan fingerprint density at radius 2 is 0.895 bits per heavy atom. The molecule has 0 aromatic heterocycles. The first-order valence-electron chi connectivity index (χ1n) is 14.0. The van der Waals surface area contributed by atoms with Gasteiger partial charge < -0.3 is 9.47 Å². The minimum Gasteiger partial charge on any atom is -0.443 e. The number of carbonyl (C=O) groups is 2. The van der Waals surface area contributed by atoms with Crippen LogP contribution in [-0.2, 0) is 22.7 Å². The van der Waals surface area contributed by atoms with Crippen molar-refractivity contribution in [2.45, 2.75) is 92.3 Å². The summed E-state index contributed by atoms with van der Waals surface area (Å²) >= 11 is 0. The maximum absolute atomic E-state index is 13.8. The molecular weight excluding hydrogens is 476 g/mol. The predicted molar refractivity (Wildman–Crippen MR) is 151 cm³/mol. The number of amides is 2. The molecule has 6 heteroatoms. The molecule has 0 atom stereocenters. The van der Waals surface area contributed by atoms with Crippen molar-refractivity contribution in [1.29, 1.82) is 0 Å². The van der Waals surface area contributed by atoms with Gasteiger partial charge in [0.1, 0.15) is 13.2 Å². The molecule has 0 fully saturated rings. The van der Waals surface area contributed by atoms with E-state index in [9.17, 15) is 9.59 Å². The number of rotatable bonds is 12. The molecule has 38 heavy (non-hydrogen) atoms. The van der Waals surface area contributed by atoms with Crippen molar-refractivity contribution in [2.75, 3.05) is 0 Å². The van der Waals surface area contributed by atoms with Gasteiger partial charge in [0.25, 0.3) is 0 Å². The Bertz CT molecular complexity index is 1020. The lowest BCUT2D eigenvalue weighted by molar-refractivity contribution is 0.00275. The van der Waals surface area contributed by atoms with Crippen LogP contribution in [0.5, 0.6) is 0 Å². The summed E-state index contributed by atoms with van der Waals surface area (Å²) in [7, 11) is 0. The van der Waals surface area contributed by atoms with E-state index in [-0.39, 0.29) is 13.2 Å². The van der Waals surface area contributed by atoms with E-state index < -0.39 is 12.2 Å². The third-order valence-corrected chi connectivity index (χ3v) is 6.50. The average Bonchev–Trinajstić information content (AvgIpc) is 2.94. The fourth-order valence-electron chi connectivity index (χ4n) is 4.87. The number of hydrogen-bond donors (Lipinski definition) is 0. The molecular formula is C32H42N2O4. The number of hydrogen-bond acceptors (Lipinski definition) is 4. The molecule has 0 aliphatic carbocycles. The van der Waals surface area contributed by atoms with Gasteiger partial charge in [-0.1, -0.05) is 114 Å². The van der Waals surface area contributed by atoms with E-state index in [2.05, 4.69) is 27.7 Å². The second kappa shape index (κ2) is 15.0. The molecule has 1 aliphatic rings. The highest BCUT2D eigenvalue weighted by Crippen LogP contribution is 2.40. The minimum atomic E-state index is -0.563. The molecule has 0 saturated carbocycles. The van der Waals surface area contributed by atoms with Gasteiger partial charge in [0.05, 0.1) is 11.4 Å². The zero-order valence-electron chi connectivity index (χ0n) is 23.4. The smallest absolute Gasteiger partial charge is 0.434 e. The Morgan fingerprint density at radius 3 is 1.21 bits per heavy atom. The highest BCUT2D eigenvalue weighted by molar-refractivity contribution is 5.79. The molecule has 6 nitrogen and oxygen atoms in total. The van der Waals surface area contributed by atoms with Crippen LogP contribution >= 0.6 is 0 Å². The van der Waals surface area contributed by atoms with Gasteiger partial charge >= 0.3 is 12.2 Å². The fraction of sp³-hybridized carbons (Fsp3) is 0.438. The Morgan fingerprint density at radius 1 is 0.553 bits per heavy atom. The van der Waals surface area contributed by atoms with E-state index >= 15 is 0 Å². The molecule has 0 saturated heterocycles. The summed E-state index contributed by atoms with van der Waals surface area (Å²) in [5.74, 6) is 0. The van der Waals surface area contributed by atoms with Crippen molar-refractivity contribution < 1.29 is 19.1 Å². The number of allylic oxidation sites excluding steroid dienone is 4. The Labute approximate surface area is 227 Å². The maximum Gasteiger partial charge on any atom is 0.434 e. The molecule has 2 amide bonds. The summed E-state index contributed by atoms with van der Waals surface area (Å²) in [6, 6.07) is 19.2. The lowest BCUT2D eigenvalue weighted by Crippen LogP contribution is -2.51. The SMILES string of the molecule is CCCC1=C(CCC)N(C(=O)OCc2ccccc2)N(C(=O)OCc2ccccc2)C(CCC)=C1CCC. The van der Waals surface area contributed by atoms with E-state index in [1.165, 1.54) is 21.2 Å². The molecule has 2 aromatic carbocycles. The third-order valence-electron chi connectivity index (χ3n) is 6.50. The largest absolute Gasteiger partial charge is 0.443 e. The molecule has 0 spiro atoms. The summed E-state index contributed by atoms with van der Waals surface area (Å²) in [5, 5.41) is 2.93. The maximum atomic E-state index is 13.8. The van der Waals surface area contributed by atoms with E-state index in [1.807, 2.05) is 60.7 Å². The molecule has 2 aromatic rings. The summed E-state index contributed by atoms with van der Waals surface area (Å²) in [5.41, 5.74) is 5.80. The first-order chi connectivity index (χ1) is 18.5. The van der Waals surface area contributed by atoms with E-state index in [0.717, 1.165) is 61.0 Å². The highest BCUT2D eigenvalue weighted by atomic mass is 16.6. The minimum absolute atomic E-state index is 0.125. The van der Waals surface area contributed by atoms with Gasteiger partial charge in [-0.25, -0.2) is 9.59 Å². The number of nitrogens with zero attached hydrogens (tertiary/aromatic N) is 2. The van der Waals surface area contributed by atoms with Crippen molar-refractivity contribution in [3.8, 4) is 0 Å². The van der Waals surface area contributed by atoms with Gasteiger partial charge in [0, 0.05) is 0 Å². The zero-order valence-corrected chi connectivity index (χ0v) is 23.4. The first-order valence-corrected chi connectivity index (χ1v) is 14.0. The van der Waals surface area contributed by atoms with E-state index in [0.29, 0.717) is 12.8 Å². The van der Waals surface area contributed by atoms with Crippen LogP contribution in [0.25, 0.3) is 0 Å². The highest BCUT2D eigenvalue weighted by Gasteiger charge is 2.40. The van der Waals surface area contributed by atoms with Gasteiger partial charge in [-0.3, -0.25) is 0 Å². The van der Waals surface area contributed by atoms with Gasteiger partial charge in [0.15, 0.2) is 0 Å². The van der Waals surface area contributed by atoms with Crippen molar-refractivity contribution in [3.63, 3.8) is 0 Å². The molecule has 204 valence electrons. The number of hydrazine groups is 1. The summed E-state index contributed by atoms with van der Waals surface area (Å²) in [6.45, 7) is 8.73. The molecule has 1 aliphatic heterocycles. The normalized spacial score (nSPS) is 13.7. The quantitative estimate of drug-likeness (QED) is 0.281. The van der Waals surface area contributed by atoms with Crippen molar-refractivity contribution in [3.05, 3.63) is 94.3 Å². The van der Waals surface area contributed by atoms with Gasteiger partial charge in [-0.15, -0.1) is 0 Å². The van der Waals surface area contributed by atoms with Crippen molar-refractivity contribution in [1.82, 2.24) is 10.0 Å². The second-order valence-electron chi connectivity index (χ2n) is 9.55. The molecule has 0 N–H and O–H groups in total. The van der Waals surface area contributed by atoms with Crippen molar-refractivity contribution in [2.24, 2.45) is 0 Å². The van der Waals surface area contributed by atoms with Gasteiger partial charge in [-0.05, 0) is 48.0 Å². The first kappa shape index (κ1) is 29.0. The fourth-order valence-corrected chi connectivity index (χ4v) is 4.87. The molecule has 0 unspecified atom stereocenters. The Kier molecular flexibility index (Phi) is 11.5. The molecule has 0 radical (unpaired) electrons. The molecule has 1 heterocycles. The van der Waals surface area contributed by atoms with Crippen LogP contribution in [0.1, 0.15) is 90.2 Å². The zero-order chi connectivity index (χ0) is 27.3. The van der Waals surface area contributed by atoms with Crippen LogP contribution in [0.4, 0.5) is 9.59 Å². The lowest BCUT2D eigenvalue weighted by atomic mass is 9.89. The number of carbonyl (C=O) groups excluding carboxylic acids is 2. The van der Waals surface area contributed by atoms with Crippen LogP contribution in [0, 0.1) is 0 Å². The lowest BCUT2D eigenvalue weighted by Gasteiger charge is -2.42. The molecule has 3 rings (SSSR count). The van der Waals surface area contributed by atoms with E-state index in [4.69, 9.17) is 9.47 Å². The Balaban J connectivity index is 2.06. The average molecular weight is 519 g/mol. The van der Waals surface area contributed by atoms with Gasteiger partial charge in [0.2, 0.25) is 0 Å². The monoisotopic (exact) mass is 518 g/mol. The van der Waals surface area contributed by atoms with Crippen LogP contribution in [0.15, 0.2) is 83.2 Å². The Hall–Kier alpha value is -3.54. The second-order valence-corrected chi connectivity index (χ2v) is 9.55. The topological polar surface area (TPSA) is 59.1 Å². The number of ether oxygens (including phenoxy) is 2. The van der Waals surface area contributed by atoms with Crippen LogP contribution in [0.2, 0.25) is 0 Å². The standard InChI is InChI=1S/C32H42N2O4/c1-5-15-27-28(16-6-2)30(18-8-4)34(32(36)38-24-26-21-13-10-14-22-26)33(29(27)17-7-3)31(35)37-23-25-19-11-9-12-20-25/h9-14,19-22H,5-8,15-18,23-24H2,1-4H3. The summed E-state index contributed by atoms with van der Waals surface area (Å²) < 4.78 is 11.6. The number of benzene rings is 2. The predicted octanol–water partition coefficient (Wildman–Crippen LogP) is 8.90. The summed E-state index contributed by atoms with van der Waals surface area (Å²) in [4.78, 5) is 27.6.